The summed E-state index contributed by atoms with van der Waals surface area (Å²) in [5, 5.41) is 7.29. The fraction of sp³-hybridized carbons (Fsp3) is 0.286. The third kappa shape index (κ3) is 2.85. The van der Waals surface area contributed by atoms with Gasteiger partial charge >= 0.3 is 0 Å². The Labute approximate surface area is 117 Å². The van der Waals surface area contributed by atoms with Crippen LogP contribution in [0.15, 0.2) is 30.5 Å². The second-order valence-corrected chi connectivity index (χ2v) is 5.29. The molecule has 0 fully saturated rings. The molecule has 0 aliphatic rings. The molecular formula is C14H16ClN3O. The number of carbonyl (C=O) groups is 1. The molecule has 0 aliphatic heterocycles. The molecule has 0 unspecified atom stereocenters. The second kappa shape index (κ2) is 5.15. The van der Waals surface area contributed by atoms with E-state index < -0.39 is 5.54 Å². The molecule has 0 radical (unpaired) electrons. The van der Waals surface area contributed by atoms with Gasteiger partial charge in [-0.15, -0.1) is 0 Å². The topological polar surface area (TPSA) is 54.0 Å². The van der Waals surface area contributed by atoms with Crippen molar-refractivity contribution in [1.29, 1.82) is 0 Å². The largest absolute Gasteiger partial charge is 0.323 e. The first-order valence-electron chi connectivity index (χ1n) is 5.98. The number of nitrogens with zero attached hydrogens (tertiary/aromatic N) is 1. The van der Waals surface area contributed by atoms with E-state index in [9.17, 15) is 4.79 Å². The number of nitrogens with one attached hydrogen (secondary N) is 2. The number of rotatable bonds is 3. The minimum atomic E-state index is -0.663. The van der Waals surface area contributed by atoms with E-state index in [-0.39, 0.29) is 5.91 Å². The normalized spacial score (nSPS) is 11.6. The van der Waals surface area contributed by atoms with Crippen LogP contribution >= 0.6 is 11.6 Å². The minimum Gasteiger partial charge on any atom is -0.323 e. The molecule has 0 bridgehead atoms. The van der Waals surface area contributed by atoms with E-state index in [0.717, 1.165) is 10.9 Å². The second-order valence-electron chi connectivity index (χ2n) is 4.86. The van der Waals surface area contributed by atoms with E-state index in [0.29, 0.717) is 10.7 Å². The Morgan fingerprint density at radius 2 is 2.11 bits per heavy atom. The van der Waals surface area contributed by atoms with Crippen LogP contribution in [0.1, 0.15) is 13.8 Å². The van der Waals surface area contributed by atoms with Gasteiger partial charge in [0.15, 0.2) is 0 Å². The molecule has 2 N–H and O–H groups in total. The van der Waals surface area contributed by atoms with Crippen molar-refractivity contribution in [3.63, 3.8) is 0 Å². The zero-order chi connectivity index (χ0) is 14.0. The molecule has 4 nitrogen and oxygen atoms in total. The Balaban J connectivity index is 2.43. The van der Waals surface area contributed by atoms with Gasteiger partial charge in [-0.1, -0.05) is 17.7 Å². The number of anilines is 1. The van der Waals surface area contributed by atoms with Gasteiger partial charge in [0, 0.05) is 16.6 Å². The quantitative estimate of drug-likeness (QED) is 0.907. The number of hydrogen-bond acceptors (Lipinski definition) is 3. The van der Waals surface area contributed by atoms with E-state index in [1.807, 2.05) is 32.0 Å². The Bertz CT molecular complexity index is 625. The predicted molar refractivity (Wildman–Crippen MR) is 78.5 cm³/mol. The summed E-state index contributed by atoms with van der Waals surface area (Å²) in [5.41, 5.74) is 0.687. The average molecular weight is 278 g/mol. The van der Waals surface area contributed by atoms with Crippen LogP contribution in [0.25, 0.3) is 10.9 Å². The number of amides is 1. The molecule has 0 spiro atoms. The zero-order valence-electron chi connectivity index (χ0n) is 11.1. The summed E-state index contributed by atoms with van der Waals surface area (Å²) in [5.74, 6) is -0.135. The summed E-state index contributed by atoms with van der Waals surface area (Å²) in [6.45, 7) is 3.62. The van der Waals surface area contributed by atoms with Crippen molar-refractivity contribution in [2.24, 2.45) is 0 Å². The van der Waals surface area contributed by atoms with Crippen LogP contribution in [0, 0.1) is 0 Å². The predicted octanol–water partition coefficient (Wildman–Crippen LogP) is 2.82. The highest BCUT2D eigenvalue weighted by molar-refractivity contribution is 6.32. The number of pyridine rings is 1. The van der Waals surface area contributed by atoms with Crippen LogP contribution in [0.2, 0.25) is 5.02 Å². The van der Waals surface area contributed by atoms with Gasteiger partial charge in [-0.25, -0.2) is 0 Å². The summed E-state index contributed by atoms with van der Waals surface area (Å²) in [7, 11) is 1.74. The first-order valence-corrected chi connectivity index (χ1v) is 6.36. The van der Waals surface area contributed by atoms with Gasteiger partial charge in [0.05, 0.1) is 16.7 Å². The maximum Gasteiger partial charge on any atom is 0.244 e. The van der Waals surface area contributed by atoms with Crippen molar-refractivity contribution < 1.29 is 4.79 Å². The number of carbonyl (C=O) groups excluding carboxylic acids is 1. The number of hydrogen-bond donors (Lipinski definition) is 2. The van der Waals surface area contributed by atoms with Crippen LogP contribution in [0.5, 0.6) is 0 Å². The highest BCUT2D eigenvalue weighted by Gasteiger charge is 2.25. The van der Waals surface area contributed by atoms with Gasteiger partial charge in [0.1, 0.15) is 0 Å². The Morgan fingerprint density at radius 1 is 1.37 bits per heavy atom. The van der Waals surface area contributed by atoms with Gasteiger partial charge < -0.3 is 10.6 Å². The third-order valence-corrected chi connectivity index (χ3v) is 3.33. The lowest BCUT2D eigenvalue weighted by molar-refractivity contribution is -0.121. The number of likely N-dealkylation sites (N-methyl/N-ethyl adjacent to an activating group) is 1. The van der Waals surface area contributed by atoms with Gasteiger partial charge in [0.25, 0.3) is 0 Å². The zero-order valence-corrected chi connectivity index (χ0v) is 11.9. The first kappa shape index (κ1) is 13.8. The summed E-state index contributed by atoms with van der Waals surface area (Å²) in [4.78, 5) is 16.5. The number of halogens is 1. The van der Waals surface area contributed by atoms with Crippen molar-refractivity contribution in [1.82, 2.24) is 10.3 Å². The minimum absolute atomic E-state index is 0.135. The van der Waals surface area contributed by atoms with E-state index >= 15 is 0 Å². The van der Waals surface area contributed by atoms with Gasteiger partial charge in [0.2, 0.25) is 5.91 Å². The molecule has 1 amide bonds. The molecule has 5 heteroatoms. The highest BCUT2D eigenvalue weighted by Crippen LogP contribution is 2.26. The number of fused-ring (bicyclic) bond motifs is 1. The summed E-state index contributed by atoms with van der Waals surface area (Å²) in [6.07, 6.45) is 1.69. The monoisotopic (exact) mass is 277 g/mol. The van der Waals surface area contributed by atoms with Crippen molar-refractivity contribution in [2.45, 2.75) is 19.4 Å². The molecule has 0 saturated carbocycles. The standard InChI is InChI=1S/C14H16ClN3O/c1-14(2,16-3)13(19)18-11-8-10(15)7-9-5-4-6-17-12(9)11/h4-8,16H,1-3H3,(H,18,19). The lowest BCUT2D eigenvalue weighted by atomic mass is 10.0. The molecule has 0 aliphatic carbocycles. The molecule has 1 aromatic carbocycles. The molecule has 19 heavy (non-hydrogen) atoms. The summed E-state index contributed by atoms with van der Waals surface area (Å²) in [6, 6.07) is 7.28. The van der Waals surface area contributed by atoms with Crippen LogP contribution in [0.3, 0.4) is 0 Å². The molecular weight excluding hydrogens is 262 g/mol. The Hall–Kier alpha value is -1.65. The third-order valence-electron chi connectivity index (χ3n) is 3.11. The smallest absolute Gasteiger partial charge is 0.244 e. The maximum absolute atomic E-state index is 12.2. The molecule has 1 aromatic heterocycles. The number of aromatic nitrogens is 1. The first-order chi connectivity index (χ1) is 8.94. The Kier molecular flexibility index (Phi) is 3.73. The highest BCUT2D eigenvalue weighted by atomic mass is 35.5. The van der Waals surface area contributed by atoms with E-state index in [4.69, 9.17) is 11.6 Å². The van der Waals surface area contributed by atoms with Crippen molar-refractivity contribution in [3.05, 3.63) is 35.5 Å². The van der Waals surface area contributed by atoms with Crippen LogP contribution < -0.4 is 10.6 Å². The Morgan fingerprint density at radius 3 is 2.79 bits per heavy atom. The fourth-order valence-corrected chi connectivity index (χ4v) is 1.87. The van der Waals surface area contributed by atoms with Crippen LogP contribution in [0.4, 0.5) is 5.69 Å². The van der Waals surface area contributed by atoms with E-state index in [2.05, 4.69) is 15.6 Å². The van der Waals surface area contributed by atoms with Crippen molar-refractivity contribution >= 4 is 34.1 Å². The summed E-state index contributed by atoms with van der Waals surface area (Å²) < 4.78 is 0. The fourth-order valence-electron chi connectivity index (χ4n) is 1.64. The SMILES string of the molecule is CNC(C)(C)C(=O)Nc1cc(Cl)cc2cccnc12. The van der Waals surface area contributed by atoms with Crippen molar-refractivity contribution in [2.75, 3.05) is 12.4 Å². The van der Waals surface area contributed by atoms with E-state index in [1.54, 1.807) is 19.3 Å². The van der Waals surface area contributed by atoms with Crippen LogP contribution in [-0.4, -0.2) is 23.5 Å². The summed E-state index contributed by atoms with van der Waals surface area (Å²) >= 11 is 6.06. The van der Waals surface area contributed by atoms with Gasteiger partial charge in [-0.3, -0.25) is 9.78 Å². The van der Waals surface area contributed by atoms with Crippen LogP contribution in [-0.2, 0) is 4.79 Å². The average Bonchev–Trinajstić information content (AvgIpc) is 2.38. The molecule has 1 heterocycles. The maximum atomic E-state index is 12.2. The molecule has 0 saturated heterocycles. The van der Waals surface area contributed by atoms with Gasteiger partial charge in [-0.2, -0.15) is 0 Å². The van der Waals surface area contributed by atoms with Gasteiger partial charge in [-0.05, 0) is 39.1 Å². The molecule has 0 atom stereocenters. The molecule has 2 rings (SSSR count). The molecule has 100 valence electrons. The molecule has 2 aromatic rings. The number of benzene rings is 1. The van der Waals surface area contributed by atoms with Crippen molar-refractivity contribution in [3.8, 4) is 0 Å². The lowest BCUT2D eigenvalue weighted by Gasteiger charge is -2.23. The lowest BCUT2D eigenvalue weighted by Crippen LogP contribution is -2.47. The van der Waals surface area contributed by atoms with E-state index in [1.165, 1.54) is 0 Å².